The largest absolute Gasteiger partial charge is 0.100 e. The van der Waals surface area contributed by atoms with Gasteiger partial charge in [0, 0.05) is 0 Å². The van der Waals surface area contributed by atoms with Crippen molar-refractivity contribution in [1.82, 2.24) is 0 Å². The number of rotatable bonds is 3. The van der Waals surface area contributed by atoms with Crippen LogP contribution in [0.15, 0.2) is 36.4 Å². The van der Waals surface area contributed by atoms with Crippen LogP contribution in [0.5, 0.6) is 0 Å². The van der Waals surface area contributed by atoms with Gasteiger partial charge in [-0.05, 0) is 43.6 Å². The summed E-state index contributed by atoms with van der Waals surface area (Å²) in [6.07, 6.45) is 2.51. The molecule has 0 spiro atoms. The predicted octanol–water partition coefficient (Wildman–Crippen LogP) is 4.24. The molecule has 0 aliphatic heterocycles. The van der Waals surface area contributed by atoms with Crippen molar-refractivity contribution >= 4 is 0 Å². The van der Waals surface area contributed by atoms with Crippen molar-refractivity contribution in [3.05, 3.63) is 47.5 Å². The average Bonchev–Trinajstić information content (AvgIpc) is 2.78. The van der Waals surface area contributed by atoms with Crippen LogP contribution in [0.4, 0.5) is 0 Å². The molecule has 1 saturated carbocycles. The van der Waals surface area contributed by atoms with E-state index in [1.54, 1.807) is 0 Å². The zero-order valence-electron chi connectivity index (χ0n) is 10.0. The zero-order chi connectivity index (χ0) is 11.1. The molecule has 2 atom stereocenters. The van der Waals surface area contributed by atoms with Gasteiger partial charge >= 0.3 is 0 Å². The Bertz CT molecular complexity index is 372. The van der Waals surface area contributed by atoms with Gasteiger partial charge in [-0.3, -0.25) is 0 Å². The van der Waals surface area contributed by atoms with Gasteiger partial charge in [0.15, 0.2) is 0 Å². The van der Waals surface area contributed by atoms with E-state index in [-0.39, 0.29) is 0 Å². The molecule has 0 bridgehead atoms. The summed E-state index contributed by atoms with van der Waals surface area (Å²) in [4.78, 5) is 0. The SMILES string of the molecule is C=C(C)C[C@@H]1C[C@@]1(C)c1ccc(C)cc1. The van der Waals surface area contributed by atoms with Crippen molar-refractivity contribution in [2.75, 3.05) is 0 Å². The molecule has 80 valence electrons. The summed E-state index contributed by atoms with van der Waals surface area (Å²) in [6.45, 7) is 10.7. The lowest BCUT2D eigenvalue weighted by molar-refractivity contribution is 0.653. The number of aryl methyl sites for hydroxylation is 1. The first kappa shape index (κ1) is 10.5. The van der Waals surface area contributed by atoms with Crippen molar-refractivity contribution in [1.29, 1.82) is 0 Å². The third-order valence-electron chi connectivity index (χ3n) is 3.72. The number of benzene rings is 1. The lowest BCUT2D eigenvalue weighted by Gasteiger charge is -2.12. The van der Waals surface area contributed by atoms with Crippen LogP contribution in [0.25, 0.3) is 0 Å². The number of hydrogen-bond donors (Lipinski definition) is 0. The second-order valence-corrected chi connectivity index (χ2v) is 5.35. The first-order valence-corrected chi connectivity index (χ1v) is 5.74. The van der Waals surface area contributed by atoms with Crippen molar-refractivity contribution < 1.29 is 0 Å². The minimum atomic E-state index is 0.423. The molecule has 15 heavy (non-hydrogen) atoms. The van der Waals surface area contributed by atoms with Crippen LogP contribution in [0.3, 0.4) is 0 Å². The van der Waals surface area contributed by atoms with Crippen molar-refractivity contribution in [3.8, 4) is 0 Å². The first-order valence-electron chi connectivity index (χ1n) is 5.74. The van der Waals surface area contributed by atoms with Crippen LogP contribution in [0.2, 0.25) is 0 Å². The van der Waals surface area contributed by atoms with E-state index in [9.17, 15) is 0 Å². The molecule has 0 N–H and O–H groups in total. The summed E-state index contributed by atoms with van der Waals surface area (Å²) >= 11 is 0. The quantitative estimate of drug-likeness (QED) is 0.640. The lowest BCUT2D eigenvalue weighted by atomic mass is 9.93. The van der Waals surface area contributed by atoms with Crippen LogP contribution < -0.4 is 0 Å². The molecule has 0 aromatic heterocycles. The Morgan fingerprint density at radius 3 is 2.53 bits per heavy atom. The fraction of sp³-hybridized carbons (Fsp3) is 0.467. The Balaban J connectivity index is 2.12. The standard InChI is InChI=1S/C15H20/c1-11(2)9-14-10-15(14,4)13-7-5-12(3)6-8-13/h5-8,14H,1,9-10H2,2-4H3/t14-,15+/m1/s1. The van der Waals surface area contributed by atoms with Crippen molar-refractivity contribution in [2.45, 2.75) is 39.0 Å². The molecular weight excluding hydrogens is 180 g/mol. The molecule has 1 aliphatic rings. The van der Waals surface area contributed by atoms with Gasteiger partial charge in [0.1, 0.15) is 0 Å². The van der Waals surface area contributed by atoms with Crippen LogP contribution in [-0.4, -0.2) is 0 Å². The minimum Gasteiger partial charge on any atom is -0.100 e. The molecule has 0 heteroatoms. The third-order valence-corrected chi connectivity index (χ3v) is 3.72. The van der Waals surface area contributed by atoms with Gasteiger partial charge in [-0.2, -0.15) is 0 Å². The van der Waals surface area contributed by atoms with Gasteiger partial charge in [-0.25, -0.2) is 0 Å². The highest BCUT2D eigenvalue weighted by Gasteiger charge is 2.50. The van der Waals surface area contributed by atoms with E-state index < -0.39 is 0 Å². The zero-order valence-corrected chi connectivity index (χ0v) is 10.0. The van der Waals surface area contributed by atoms with Crippen LogP contribution in [0, 0.1) is 12.8 Å². The molecule has 1 aromatic rings. The Hall–Kier alpha value is -1.04. The summed E-state index contributed by atoms with van der Waals surface area (Å²) in [5, 5.41) is 0. The normalized spacial score (nSPS) is 28.9. The first-order chi connectivity index (χ1) is 7.02. The number of hydrogen-bond acceptors (Lipinski definition) is 0. The van der Waals surface area contributed by atoms with Gasteiger partial charge in [0.05, 0.1) is 0 Å². The van der Waals surface area contributed by atoms with E-state index in [4.69, 9.17) is 0 Å². The fourth-order valence-corrected chi connectivity index (χ4v) is 2.46. The van der Waals surface area contributed by atoms with Gasteiger partial charge in [-0.1, -0.05) is 42.3 Å². The fourth-order valence-electron chi connectivity index (χ4n) is 2.46. The van der Waals surface area contributed by atoms with E-state index in [1.165, 1.54) is 29.5 Å². The van der Waals surface area contributed by atoms with E-state index in [2.05, 4.69) is 51.6 Å². The molecule has 0 heterocycles. The molecule has 0 radical (unpaired) electrons. The monoisotopic (exact) mass is 200 g/mol. The molecule has 0 amide bonds. The Labute approximate surface area is 93.0 Å². The highest BCUT2D eigenvalue weighted by Crippen LogP contribution is 2.56. The van der Waals surface area contributed by atoms with Gasteiger partial charge in [0.2, 0.25) is 0 Å². The van der Waals surface area contributed by atoms with E-state index in [0.29, 0.717) is 5.41 Å². The molecule has 0 unspecified atom stereocenters. The Morgan fingerprint density at radius 2 is 2.00 bits per heavy atom. The third kappa shape index (κ3) is 1.99. The maximum Gasteiger partial charge on any atom is -0.00406 e. The molecule has 2 rings (SSSR count). The van der Waals surface area contributed by atoms with E-state index in [1.807, 2.05) is 0 Å². The predicted molar refractivity (Wildman–Crippen MR) is 66.1 cm³/mol. The molecule has 0 saturated heterocycles. The lowest BCUT2D eigenvalue weighted by Crippen LogP contribution is -2.04. The van der Waals surface area contributed by atoms with Gasteiger partial charge < -0.3 is 0 Å². The van der Waals surface area contributed by atoms with Gasteiger partial charge in [0.25, 0.3) is 0 Å². The van der Waals surface area contributed by atoms with Crippen LogP contribution in [-0.2, 0) is 5.41 Å². The second kappa shape index (κ2) is 3.52. The summed E-state index contributed by atoms with van der Waals surface area (Å²) in [5.74, 6) is 0.817. The van der Waals surface area contributed by atoms with E-state index >= 15 is 0 Å². The molecule has 1 aliphatic carbocycles. The van der Waals surface area contributed by atoms with Crippen LogP contribution in [0.1, 0.15) is 37.8 Å². The average molecular weight is 200 g/mol. The van der Waals surface area contributed by atoms with E-state index in [0.717, 1.165) is 5.92 Å². The van der Waals surface area contributed by atoms with Crippen LogP contribution >= 0.6 is 0 Å². The number of allylic oxidation sites excluding steroid dienone is 1. The highest BCUT2D eigenvalue weighted by molar-refractivity contribution is 5.35. The summed E-state index contributed by atoms with van der Waals surface area (Å²) in [7, 11) is 0. The summed E-state index contributed by atoms with van der Waals surface area (Å²) < 4.78 is 0. The molecule has 0 nitrogen and oxygen atoms in total. The van der Waals surface area contributed by atoms with Crippen molar-refractivity contribution in [3.63, 3.8) is 0 Å². The maximum absolute atomic E-state index is 4.01. The topological polar surface area (TPSA) is 0 Å². The highest BCUT2D eigenvalue weighted by atomic mass is 14.5. The molecule has 1 aromatic carbocycles. The maximum atomic E-state index is 4.01. The Morgan fingerprint density at radius 1 is 1.40 bits per heavy atom. The second-order valence-electron chi connectivity index (χ2n) is 5.35. The smallest absolute Gasteiger partial charge is 0.00406 e. The summed E-state index contributed by atoms with van der Waals surface area (Å²) in [5.41, 5.74) is 4.58. The summed E-state index contributed by atoms with van der Waals surface area (Å²) in [6, 6.07) is 9.01. The molecule has 1 fully saturated rings. The van der Waals surface area contributed by atoms with Gasteiger partial charge in [-0.15, -0.1) is 6.58 Å². The minimum absolute atomic E-state index is 0.423. The Kier molecular flexibility index (Phi) is 2.46. The molecular formula is C15H20. The van der Waals surface area contributed by atoms with Crippen molar-refractivity contribution in [2.24, 2.45) is 5.92 Å².